The van der Waals surface area contributed by atoms with Crippen LogP contribution in [0.5, 0.6) is 0 Å². The highest BCUT2D eigenvalue weighted by molar-refractivity contribution is 9.10. The molecule has 1 aliphatic rings. The van der Waals surface area contributed by atoms with E-state index < -0.39 is 0 Å². The number of hydrogen-bond acceptors (Lipinski definition) is 3. The Balaban J connectivity index is 2.18. The van der Waals surface area contributed by atoms with Crippen molar-refractivity contribution >= 4 is 33.3 Å². The Morgan fingerprint density at radius 3 is 2.76 bits per heavy atom. The fourth-order valence-electron chi connectivity index (χ4n) is 2.22. The summed E-state index contributed by atoms with van der Waals surface area (Å²) in [4.78, 5) is 10.5. The van der Waals surface area contributed by atoms with Crippen LogP contribution < -0.4 is 4.90 Å². The van der Waals surface area contributed by atoms with E-state index in [-0.39, 0.29) is 0 Å². The van der Waals surface area contributed by atoms with Crippen LogP contribution in [0.2, 0.25) is 5.28 Å². The molecule has 0 radical (unpaired) electrons. The van der Waals surface area contributed by atoms with Gasteiger partial charge >= 0.3 is 0 Å². The molecule has 94 valence electrons. The quantitative estimate of drug-likeness (QED) is 0.738. The Morgan fingerprint density at radius 1 is 1.47 bits per heavy atom. The van der Waals surface area contributed by atoms with Gasteiger partial charge in [0.05, 0.1) is 4.47 Å². The zero-order chi connectivity index (χ0) is 12.6. The van der Waals surface area contributed by atoms with E-state index >= 15 is 0 Å². The first-order chi connectivity index (χ1) is 7.88. The molecule has 5 heteroatoms. The Hall–Kier alpha value is -0.350. The van der Waals surface area contributed by atoms with Crippen molar-refractivity contribution in [3.63, 3.8) is 0 Å². The second-order valence-electron chi connectivity index (χ2n) is 5.61. The number of anilines is 1. The molecular formula is C12H17BrClN3. The van der Waals surface area contributed by atoms with Crippen LogP contribution in [0, 0.1) is 11.3 Å². The van der Waals surface area contributed by atoms with E-state index in [2.05, 4.69) is 51.6 Å². The van der Waals surface area contributed by atoms with Crippen LogP contribution in [0.1, 0.15) is 27.2 Å². The molecule has 1 aromatic rings. The first kappa shape index (κ1) is 13.1. The molecule has 1 aromatic heterocycles. The lowest BCUT2D eigenvalue weighted by molar-refractivity contribution is 0.263. The lowest BCUT2D eigenvalue weighted by atomic mass is 9.80. The SMILES string of the molecule is CC(C)(C)C1CCN(c2nc(Cl)ncc2Br)C1. The van der Waals surface area contributed by atoms with Gasteiger partial charge in [0.2, 0.25) is 5.28 Å². The Morgan fingerprint density at radius 2 is 2.18 bits per heavy atom. The molecule has 2 rings (SSSR count). The molecule has 1 fully saturated rings. The standard InChI is InChI=1S/C12H17BrClN3/c1-12(2,3)8-4-5-17(7-8)10-9(13)6-15-11(14)16-10/h6,8H,4-5,7H2,1-3H3. The third-order valence-corrected chi connectivity index (χ3v) is 4.15. The third-order valence-electron chi connectivity index (χ3n) is 3.41. The van der Waals surface area contributed by atoms with Crippen molar-refractivity contribution < 1.29 is 0 Å². The van der Waals surface area contributed by atoms with Crippen molar-refractivity contribution in [2.45, 2.75) is 27.2 Å². The molecule has 1 saturated heterocycles. The molecule has 0 aromatic carbocycles. The lowest BCUT2D eigenvalue weighted by Gasteiger charge is -2.27. The van der Waals surface area contributed by atoms with Gasteiger partial charge in [0, 0.05) is 19.3 Å². The third kappa shape index (κ3) is 2.91. The minimum atomic E-state index is 0.308. The average Bonchev–Trinajstić information content (AvgIpc) is 2.70. The normalized spacial score (nSPS) is 21.0. The van der Waals surface area contributed by atoms with Gasteiger partial charge in [0.15, 0.2) is 0 Å². The predicted molar refractivity (Wildman–Crippen MR) is 74.5 cm³/mol. The molecular weight excluding hydrogens is 302 g/mol. The molecule has 0 spiro atoms. The zero-order valence-electron chi connectivity index (χ0n) is 10.4. The minimum Gasteiger partial charge on any atom is -0.355 e. The second kappa shape index (κ2) is 4.73. The van der Waals surface area contributed by atoms with Crippen molar-refractivity contribution in [3.8, 4) is 0 Å². The highest BCUT2D eigenvalue weighted by Gasteiger charge is 2.33. The van der Waals surface area contributed by atoms with Crippen LogP contribution in [0.3, 0.4) is 0 Å². The lowest BCUT2D eigenvalue weighted by Crippen LogP contribution is -2.26. The molecule has 0 N–H and O–H groups in total. The summed E-state index contributed by atoms with van der Waals surface area (Å²) < 4.78 is 0.913. The van der Waals surface area contributed by atoms with Crippen LogP contribution in [0.25, 0.3) is 0 Å². The van der Waals surface area contributed by atoms with Crippen LogP contribution in [-0.4, -0.2) is 23.1 Å². The van der Waals surface area contributed by atoms with Gasteiger partial charge in [-0.05, 0) is 45.3 Å². The van der Waals surface area contributed by atoms with Crippen LogP contribution >= 0.6 is 27.5 Å². The molecule has 1 unspecified atom stereocenters. The van der Waals surface area contributed by atoms with Crippen molar-refractivity contribution in [2.75, 3.05) is 18.0 Å². The molecule has 1 atom stereocenters. The number of hydrogen-bond donors (Lipinski definition) is 0. The highest BCUT2D eigenvalue weighted by Crippen LogP contribution is 2.37. The van der Waals surface area contributed by atoms with Gasteiger partial charge in [-0.25, -0.2) is 4.98 Å². The minimum absolute atomic E-state index is 0.308. The maximum Gasteiger partial charge on any atom is 0.224 e. The number of rotatable bonds is 1. The fourth-order valence-corrected chi connectivity index (χ4v) is 2.79. The van der Waals surface area contributed by atoms with Crippen molar-refractivity contribution in [1.82, 2.24) is 9.97 Å². The molecule has 0 amide bonds. The van der Waals surface area contributed by atoms with E-state index in [9.17, 15) is 0 Å². The van der Waals surface area contributed by atoms with Crippen LogP contribution in [0.4, 0.5) is 5.82 Å². The van der Waals surface area contributed by atoms with E-state index in [0.717, 1.165) is 23.4 Å². The Labute approximate surface area is 116 Å². The molecule has 0 aliphatic carbocycles. The maximum absolute atomic E-state index is 5.85. The summed E-state index contributed by atoms with van der Waals surface area (Å²) in [5, 5.41) is 0.308. The summed E-state index contributed by atoms with van der Waals surface area (Å²) in [5.74, 6) is 1.61. The zero-order valence-corrected chi connectivity index (χ0v) is 12.7. The van der Waals surface area contributed by atoms with E-state index in [0.29, 0.717) is 16.6 Å². The summed E-state index contributed by atoms with van der Waals surface area (Å²) in [6.07, 6.45) is 2.92. The van der Waals surface area contributed by atoms with Gasteiger partial charge in [0.1, 0.15) is 5.82 Å². The fraction of sp³-hybridized carbons (Fsp3) is 0.667. The van der Waals surface area contributed by atoms with Gasteiger partial charge in [0.25, 0.3) is 0 Å². The number of nitrogens with zero attached hydrogens (tertiary/aromatic N) is 3. The smallest absolute Gasteiger partial charge is 0.224 e. The molecule has 1 aliphatic heterocycles. The Kier molecular flexibility index (Phi) is 3.64. The van der Waals surface area contributed by atoms with E-state index in [1.165, 1.54) is 6.42 Å². The summed E-state index contributed by atoms with van der Waals surface area (Å²) in [6, 6.07) is 0. The summed E-state index contributed by atoms with van der Waals surface area (Å²) in [7, 11) is 0. The van der Waals surface area contributed by atoms with Gasteiger partial charge in [-0.2, -0.15) is 4.98 Å². The highest BCUT2D eigenvalue weighted by atomic mass is 79.9. The predicted octanol–water partition coefficient (Wildman–Crippen LogP) is 3.76. The molecule has 17 heavy (non-hydrogen) atoms. The second-order valence-corrected chi connectivity index (χ2v) is 6.80. The monoisotopic (exact) mass is 317 g/mol. The van der Waals surface area contributed by atoms with E-state index in [4.69, 9.17) is 11.6 Å². The molecule has 0 saturated carbocycles. The van der Waals surface area contributed by atoms with Crippen LogP contribution in [0.15, 0.2) is 10.7 Å². The first-order valence-electron chi connectivity index (χ1n) is 5.81. The van der Waals surface area contributed by atoms with Gasteiger partial charge in [-0.1, -0.05) is 20.8 Å². The topological polar surface area (TPSA) is 29.0 Å². The van der Waals surface area contributed by atoms with Crippen molar-refractivity contribution in [2.24, 2.45) is 11.3 Å². The van der Waals surface area contributed by atoms with Crippen LogP contribution in [-0.2, 0) is 0 Å². The van der Waals surface area contributed by atoms with Gasteiger partial charge in [-0.15, -0.1) is 0 Å². The number of halogens is 2. The van der Waals surface area contributed by atoms with E-state index in [1.54, 1.807) is 6.20 Å². The van der Waals surface area contributed by atoms with Crippen molar-refractivity contribution in [1.29, 1.82) is 0 Å². The van der Waals surface area contributed by atoms with Crippen molar-refractivity contribution in [3.05, 3.63) is 16.0 Å². The van der Waals surface area contributed by atoms with Gasteiger partial charge in [-0.3, -0.25) is 0 Å². The molecule has 3 nitrogen and oxygen atoms in total. The number of aromatic nitrogens is 2. The molecule has 2 heterocycles. The van der Waals surface area contributed by atoms with E-state index in [1.807, 2.05) is 0 Å². The van der Waals surface area contributed by atoms with Gasteiger partial charge < -0.3 is 4.90 Å². The summed E-state index contributed by atoms with van der Waals surface area (Å²) in [6.45, 7) is 8.96. The Bertz CT molecular complexity index is 417. The molecule has 0 bridgehead atoms. The maximum atomic E-state index is 5.85. The summed E-state index contributed by atoms with van der Waals surface area (Å²) >= 11 is 9.34. The average molecular weight is 319 g/mol. The summed E-state index contributed by atoms with van der Waals surface area (Å²) in [5.41, 5.74) is 0.345. The first-order valence-corrected chi connectivity index (χ1v) is 6.98. The largest absolute Gasteiger partial charge is 0.355 e.